The molecule has 16 heavy (non-hydrogen) atoms. The van der Waals surface area contributed by atoms with E-state index in [1.54, 1.807) is 6.20 Å². The lowest BCUT2D eigenvalue weighted by Crippen LogP contribution is -2.26. The summed E-state index contributed by atoms with van der Waals surface area (Å²) in [6, 6.07) is 4.38. The highest BCUT2D eigenvalue weighted by molar-refractivity contribution is 5.81. The van der Waals surface area contributed by atoms with Crippen LogP contribution in [0.1, 0.15) is 36.2 Å². The molecule has 0 spiro atoms. The number of hydrogen-bond acceptors (Lipinski definition) is 3. The summed E-state index contributed by atoms with van der Waals surface area (Å²) in [7, 11) is 0. The molecule has 3 atom stereocenters. The molecular formula is C13H16N2O. The molecule has 2 saturated carbocycles. The Labute approximate surface area is 95.3 Å². The molecule has 0 aliphatic heterocycles. The monoisotopic (exact) mass is 216 g/mol. The lowest BCUT2D eigenvalue weighted by atomic mass is 9.95. The fourth-order valence-electron chi connectivity index (χ4n) is 3.25. The van der Waals surface area contributed by atoms with E-state index in [-0.39, 0.29) is 0 Å². The maximum Gasteiger partial charge on any atom is 0.170 e. The third-order valence-electron chi connectivity index (χ3n) is 4.03. The predicted octanol–water partition coefficient (Wildman–Crippen LogP) is 2.49. The van der Waals surface area contributed by atoms with Gasteiger partial charge < -0.3 is 5.32 Å². The number of rotatable bonds is 3. The number of pyridine rings is 1. The number of hydrogen-bond donors (Lipinski definition) is 1. The Balaban J connectivity index is 1.76. The highest BCUT2D eigenvalue weighted by Gasteiger charge is 2.39. The summed E-state index contributed by atoms with van der Waals surface area (Å²) in [6.07, 6.45) is 7.87. The van der Waals surface area contributed by atoms with Crippen LogP contribution in [0.3, 0.4) is 0 Å². The van der Waals surface area contributed by atoms with E-state index in [2.05, 4.69) is 10.3 Å². The Morgan fingerprint density at radius 3 is 3.00 bits per heavy atom. The number of fused-ring (bicyclic) bond motifs is 2. The van der Waals surface area contributed by atoms with Crippen LogP contribution in [0.25, 0.3) is 0 Å². The van der Waals surface area contributed by atoms with E-state index in [1.807, 2.05) is 12.1 Å². The largest absolute Gasteiger partial charge is 0.380 e. The van der Waals surface area contributed by atoms with Crippen molar-refractivity contribution >= 4 is 12.0 Å². The molecule has 84 valence electrons. The van der Waals surface area contributed by atoms with Crippen molar-refractivity contribution in [3.05, 3.63) is 24.0 Å². The van der Waals surface area contributed by atoms with Crippen LogP contribution in [-0.2, 0) is 0 Å². The van der Waals surface area contributed by atoms with E-state index < -0.39 is 0 Å². The second kappa shape index (κ2) is 3.89. The third-order valence-corrected chi connectivity index (χ3v) is 4.03. The molecule has 1 aromatic heterocycles. The first-order chi connectivity index (χ1) is 7.86. The summed E-state index contributed by atoms with van der Waals surface area (Å²) in [5.74, 6) is 1.73. The minimum absolute atomic E-state index is 0.533. The number of aromatic nitrogens is 1. The van der Waals surface area contributed by atoms with Gasteiger partial charge in [-0.3, -0.25) is 9.78 Å². The summed E-state index contributed by atoms with van der Waals surface area (Å²) < 4.78 is 0. The summed E-state index contributed by atoms with van der Waals surface area (Å²) in [6.45, 7) is 0. The first-order valence-electron chi connectivity index (χ1n) is 6.03. The van der Waals surface area contributed by atoms with Gasteiger partial charge in [0.1, 0.15) is 5.69 Å². The zero-order valence-corrected chi connectivity index (χ0v) is 9.23. The quantitative estimate of drug-likeness (QED) is 0.789. The number of nitrogens with one attached hydrogen (secondary N) is 1. The number of carbonyl (C=O) groups is 1. The minimum Gasteiger partial charge on any atom is -0.380 e. The molecule has 2 bridgehead atoms. The Bertz CT molecular complexity index is 405. The number of nitrogens with zero attached hydrogens (tertiary/aromatic N) is 1. The van der Waals surface area contributed by atoms with Gasteiger partial charge in [0.05, 0.1) is 5.69 Å². The molecule has 0 aromatic carbocycles. The molecule has 3 unspecified atom stereocenters. The third kappa shape index (κ3) is 1.60. The summed E-state index contributed by atoms with van der Waals surface area (Å²) >= 11 is 0. The maximum absolute atomic E-state index is 10.9. The normalized spacial score (nSPS) is 31.6. The fraction of sp³-hybridized carbons (Fsp3) is 0.538. The molecule has 1 heterocycles. The van der Waals surface area contributed by atoms with E-state index in [0.29, 0.717) is 11.7 Å². The topological polar surface area (TPSA) is 42.0 Å². The zero-order chi connectivity index (χ0) is 11.0. The van der Waals surface area contributed by atoms with Crippen molar-refractivity contribution in [2.45, 2.75) is 31.7 Å². The molecule has 2 aliphatic carbocycles. The van der Waals surface area contributed by atoms with E-state index in [0.717, 1.165) is 23.8 Å². The van der Waals surface area contributed by atoms with Crippen molar-refractivity contribution in [1.29, 1.82) is 0 Å². The smallest absolute Gasteiger partial charge is 0.170 e. The average Bonchev–Trinajstić information content (AvgIpc) is 2.92. The summed E-state index contributed by atoms with van der Waals surface area (Å²) in [4.78, 5) is 14.9. The SMILES string of the molecule is O=Cc1ncccc1NC1CC2CCC1C2. The van der Waals surface area contributed by atoms with Gasteiger partial charge in [-0.1, -0.05) is 6.42 Å². The second-order valence-electron chi connectivity index (χ2n) is 4.98. The molecule has 3 heteroatoms. The van der Waals surface area contributed by atoms with Gasteiger partial charge in [-0.25, -0.2) is 0 Å². The summed E-state index contributed by atoms with van der Waals surface area (Å²) in [5, 5.41) is 3.50. The van der Waals surface area contributed by atoms with Crippen LogP contribution < -0.4 is 5.32 Å². The van der Waals surface area contributed by atoms with Crippen LogP contribution in [-0.4, -0.2) is 17.3 Å². The van der Waals surface area contributed by atoms with Gasteiger partial charge in [-0.15, -0.1) is 0 Å². The number of anilines is 1. The predicted molar refractivity (Wildman–Crippen MR) is 62.5 cm³/mol. The second-order valence-corrected chi connectivity index (χ2v) is 4.98. The first-order valence-corrected chi connectivity index (χ1v) is 6.03. The van der Waals surface area contributed by atoms with Crippen LogP contribution in [0, 0.1) is 11.8 Å². The Morgan fingerprint density at radius 1 is 1.38 bits per heavy atom. The van der Waals surface area contributed by atoms with Crippen molar-refractivity contribution in [3.63, 3.8) is 0 Å². The van der Waals surface area contributed by atoms with Crippen LogP contribution in [0.4, 0.5) is 5.69 Å². The molecule has 0 saturated heterocycles. The van der Waals surface area contributed by atoms with Gasteiger partial charge in [0.25, 0.3) is 0 Å². The molecule has 1 aromatic rings. The van der Waals surface area contributed by atoms with E-state index in [1.165, 1.54) is 25.7 Å². The average molecular weight is 216 g/mol. The molecule has 2 fully saturated rings. The lowest BCUT2D eigenvalue weighted by molar-refractivity contribution is 0.111. The van der Waals surface area contributed by atoms with Crippen molar-refractivity contribution < 1.29 is 4.79 Å². The van der Waals surface area contributed by atoms with Crippen molar-refractivity contribution in [2.24, 2.45) is 11.8 Å². The van der Waals surface area contributed by atoms with E-state index in [9.17, 15) is 4.79 Å². The van der Waals surface area contributed by atoms with E-state index in [4.69, 9.17) is 0 Å². The van der Waals surface area contributed by atoms with Crippen LogP contribution in [0.5, 0.6) is 0 Å². The highest BCUT2D eigenvalue weighted by Crippen LogP contribution is 2.45. The van der Waals surface area contributed by atoms with Gasteiger partial charge >= 0.3 is 0 Å². The first kappa shape index (κ1) is 9.82. The molecule has 3 rings (SSSR count). The van der Waals surface area contributed by atoms with Crippen LogP contribution in [0.2, 0.25) is 0 Å². The Kier molecular flexibility index (Phi) is 2.39. The van der Waals surface area contributed by atoms with E-state index >= 15 is 0 Å². The van der Waals surface area contributed by atoms with Gasteiger partial charge in [-0.05, 0) is 43.2 Å². The van der Waals surface area contributed by atoms with Crippen molar-refractivity contribution in [1.82, 2.24) is 4.98 Å². The van der Waals surface area contributed by atoms with Gasteiger partial charge in [0.2, 0.25) is 0 Å². The number of aldehydes is 1. The lowest BCUT2D eigenvalue weighted by Gasteiger charge is -2.24. The molecule has 3 nitrogen and oxygen atoms in total. The molecular weight excluding hydrogens is 200 g/mol. The maximum atomic E-state index is 10.9. The molecule has 2 aliphatic rings. The standard InChI is InChI=1S/C13H16N2O/c16-8-13-11(2-1-5-14-13)15-12-7-9-3-4-10(12)6-9/h1-2,5,8-10,12,15H,3-4,6-7H2. The Morgan fingerprint density at radius 2 is 2.31 bits per heavy atom. The van der Waals surface area contributed by atoms with Crippen molar-refractivity contribution in [2.75, 3.05) is 5.32 Å². The van der Waals surface area contributed by atoms with Gasteiger partial charge in [-0.2, -0.15) is 0 Å². The molecule has 0 amide bonds. The van der Waals surface area contributed by atoms with Crippen LogP contribution in [0.15, 0.2) is 18.3 Å². The minimum atomic E-state index is 0.533. The van der Waals surface area contributed by atoms with Gasteiger partial charge in [0.15, 0.2) is 6.29 Å². The number of carbonyl (C=O) groups excluding carboxylic acids is 1. The van der Waals surface area contributed by atoms with Crippen molar-refractivity contribution in [3.8, 4) is 0 Å². The summed E-state index contributed by atoms with van der Waals surface area (Å²) in [5.41, 5.74) is 1.43. The highest BCUT2D eigenvalue weighted by atomic mass is 16.1. The zero-order valence-electron chi connectivity index (χ0n) is 9.23. The molecule has 0 radical (unpaired) electrons. The van der Waals surface area contributed by atoms with Gasteiger partial charge in [0, 0.05) is 12.2 Å². The molecule has 1 N–H and O–H groups in total. The Hall–Kier alpha value is -1.38. The van der Waals surface area contributed by atoms with Crippen LogP contribution >= 0.6 is 0 Å². The fourth-order valence-corrected chi connectivity index (χ4v) is 3.25.